The van der Waals surface area contributed by atoms with E-state index >= 15 is 0 Å². The summed E-state index contributed by atoms with van der Waals surface area (Å²) >= 11 is 0. The molecule has 23 heavy (non-hydrogen) atoms. The molecular formula is C17H29FN4O. The predicted molar refractivity (Wildman–Crippen MR) is 93.6 cm³/mol. The Morgan fingerprint density at radius 1 is 1.26 bits per heavy atom. The molecule has 1 aromatic rings. The number of guanidine groups is 1. The van der Waals surface area contributed by atoms with Gasteiger partial charge >= 0.3 is 0 Å². The maximum Gasteiger partial charge on any atom is 0.191 e. The number of hydrogen-bond acceptors (Lipinski definition) is 3. The zero-order chi connectivity index (χ0) is 17.1. The van der Waals surface area contributed by atoms with Crippen LogP contribution in [0.2, 0.25) is 0 Å². The topological polar surface area (TPSA) is 48.9 Å². The Bertz CT molecular complexity index is 462. The van der Waals surface area contributed by atoms with Crippen molar-refractivity contribution in [3.8, 4) is 5.75 Å². The van der Waals surface area contributed by atoms with Crippen molar-refractivity contribution < 1.29 is 9.13 Å². The second kappa shape index (κ2) is 10.8. The lowest BCUT2D eigenvalue weighted by Gasteiger charge is -2.16. The lowest BCUT2D eigenvalue weighted by molar-refractivity contribution is 0.230. The lowest BCUT2D eigenvalue weighted by Crippen LogP contribution is -2.39. The summed E-state index contributed by atoms with van der Waals surface area (Å²) in [5, 5.41) is 6.53. The predicted octanol–water partition coefficient (Wildman–Crippen LogP) is 2.10. The normalized spacial score (nSPS) is 13.0. The minimum atomic E-state index is -0.264. The Hall–Kier alpha value is -1.82. The Kier molecular flexibility index (Phi) is 9.05. The largest absolute Gasteiger partial charge is 0.489 e. The van der Waals surface area contributed by atoms with E-state index in [0.29, 0.717) is 12.3 Å². The summed E-state index contributed by atoms with van der Waals surface area (Å²) in [5.74, 6) is 1.18. The van der Waals surface area contributed by atoms with E-state index < -0.39 is 0 Å². The minimum Gasteiger partial charge on any atom is -0.489 e. The van der Waals surface area contributed by atoms with E-state index in [1.54, 1.807) is 12.1 Å². The SMILES string of the molecule is CCNC(=NCC(C)Oc1ccc(F)cc1)NCCCN(C)C. The van der Waals surface area contributed by atoms with Crippen molar-refractivity contribution in [2.75, 3.05) is 40.3 Å². The van der Waals surface area contributed by atoms with Gasteiger partial charge in [-0.05, 0) is 65.2 Å². The van der Waals surface area contributed by atoms with Gasteiger partial charge in [-0.25, -0.2) is 9.38 Å². The highest BCUT2D eigenvalue weighted by Gasteiger charge is 2.05. The second-order valence-corrected chi connectivity index (χ2v) is 5.69. The van der Waals surface area contributed by atoms with E-state index in [-0.39, 0.29) is 11.9 Å². The maximum atomic E-state index is 12.9. The zero-order valence-corrected chi connectivity index (χ0v) is 14.6. The highest BCUT2D eigenvalue weighted by atomic mass is 19.1. The highest BCUT2D eigenvalue weighted by Crippen LogP contribution is 2.12. The molecule has 0 spiro atoms. The Morgan fingerprint density at radius 3 is 2.57 bits per heavy atom. The molecule has 1 aromatic carbocycles. The Labute approximate surface area is 138 Å². The lowest BCUT2D eigenvalue weighted by atomic mass is 10.3. The highest BCUT2D eigenvalue weighted by molar-refractivity contribution is 5.79. The molecule has 6 heteroatoms. The van der Waals surface area contributed by atoms with Crippen molar-refractivity contribution in [2.24, 2.45) is 4.99 Å². The molecule has 0 saturated carbocycles. The van der Waals surface area contributed by atoms with Gasteiger partial charge in [0.15, 0.2) is 5.96 Å². The van der Waals surface area contributed by atoms with E-state index in [2.05, 4.69) is 34.6 Å². The van der Waals surface area contributed by atoms with Crippen molar-refractivity contribution in [1.29, 1.82) is 0 Å². The van der Waals surface area contributed by atoms with E-state index in [4.69, 9.17) is 4.74 Å². The third-order valence-corrected chi connectivity index (χ3v) is 3.08. The van der Waals surface area contributed by atoms with Gasteiger partial charge in [0, 0.05) is 13.1 Å². The molecule has 0 heterocycles. The number of ether oxygens (including phenoxy) is 1. The Balaban J connectivity index is 2.40. The average Bonchev–Trinajstić information content (AvgIpc) is 2.51. The standard InChI is InChI=1S/C17H29FN4O/c1-5-19-17(20-11-6-12-22(3)4)21-13-14(2)23-16-9-7-15(18)8-10-16/h7-10,14H,5-6,11-13H2,1-4H3,(H2,19,20,21). The molecule has 0 fully saturated rings. The van der Waals surface area contributed by atoms with Crippen LogP contribution in [-0.4, -0.2) is 57.2 Å². The van der Waals surface area contributed by atoms with E-state index in [9.17, 15) is 4.39 Å². The van der Waals surface area contributed by atoms with Gasteiger partial charge in [0.05, 0.1) is 6.54 Å². The number of hydrogen-bond donors (Lipinski definition) is 2. The number of nitrogens with one attached hydrogen (secondary N) is 2. The number of nitrogens with zero attached hydrogens (tertiary/aromatic N) is 2. The van der Waals surface area contributed by atoms with Crippen LogP contribution in [0.4, 0.5) is 4.39 Å². The number of aliphatic imine (C=N–C) groups is 1. The fourth-order valence-electron chi connectivity index (χ4n) is 1.95. The van der Waals surface area contributed by atoms with Gasteiger partial charge in [0.25, 0.3) is 0 Å². The van der Waals surface area contributed by atoms with Gasteiger partial charge < -0.3 is 20.3 Å². The van der Waals surface area contributed by atoms with Crippen LogP contribution in [0.15, 0.2) is 29.3 Å². The van der Waals surface area contributed by atoms with E-state index in [1.807, 2.05) is 13.8 Å². The molecule has 0 aliphatic rings. The molecule has 0 bridgehead atoms. The first-order chi connectivity index (χ1) is 11.0. The van der Waals surface area contributed by atoms with Crippen LogP contribution in [0.3, 0.4) is 0 Å². The molecule has 0 saturated heterocycles. The third-order valence-electron chi connectivity index (χ3n) is 3.08. The summed E-state index contributed by atoms with van der Waals surface area (Å²) in [5.41, 5.74) is 0. The molecular weight excluding hydrogens is 295 g/mol. The molecule has 0 aliphatic heterocycles. The zero-order valence-electron chi connectivity index (χ0n) is 14.6. The summed E-state index contributed by atoms with van der Waals surface area (Å²) in [6, 6.07) is 6.03. The van der Waals surface area contributed by atoms with Crippen molar-refractivity contribution >= 4 is 5.96 Å². The van der Waals surface area contributed by atoms with Crippen LogP contribution in [0.25, 0.3) is 0 Å². The number of halogens is 1. The molecule has 5 nitrogen and oxygen atoms in total. The van der Waals surface area contributed by atoms with Crippen molar-refractivity contribution in [3.63, 3.8) is 0 Å². The first-order valence-electron chi connectivity index (χ1n) is 8.10. The molecule has 2 N–H and O–H groups in total. The molecule has 0 amide bonds. The van der Waals surface area contributed by atoms with E-state index in [0.717, 1.165) is 32.0 Å². The van der Waals surface area contributed by atoms with Crippen LogP contribution in [0.1, 0.15) is 20.3 Å². The van der Waals surface area contributed by atoms with Gasteiger partial charge in [-0.15, -0.1) is 0 Å². The van der Waals surface area contributed by atoms with Crippen LogP contribution >= 0.6 is 0 Å². The molecule has 0 radical (unpaired) electrons. The number of rotatable bonds is 9. The summed E-state index contributed by atoms with van der Waals surface area (Å²) in [6.07, 6.45) is 0.969. The summed E-state index contributed by atoms with van der Waals surface area (Å²) in [6.45, 7) is 7.23. The molecule has 1 unspecified atom stereocenters. The average molecular weight is 324 g/mol. The smallest absolute Gasteiger partial charge is 0.191 e. The van der Waals surface area contributed by atoms with Gasteiger partial charge in [-0.2, -0.15) is 0 Å². The third kappa shape index (κ3) is 9.03. The second-order valence-electron chi connectivity index (χ2n) is 5.69. The fraction of sp³-hybridized carbons (Fsp3) is 0.588. The molecule has 1 atom stereocenters. The fourth-order valence-corrected chi connectivity index (χ4v) is 1.95. The maximum absolute atomic E-state index is 12.9. The van der Waals surface area contributed by atoms with E-state index in [1.165, 1.54) is 12.1 Å². The van der Waals surface area contributed by atoms with Crippen LogP contribution in [0.5, 0.6) is 5.75 Å². The number of benzene rings is 1. The first-order valence-corrected chi connectivity index (χ1v) is 8.10. The summed E-state index contributed by atoms with van der Waals surface area (Å²) < 4.78 is 18.6. The summed E-state index contributed by atoms with van der Waals surface area (Å²) in [4.78, 5) is 6.68. The Morgan fingerprint density at radius 2 is 1.96 bits per heavy atom. The van der Waals surface area contributed by atoms with Crippen molar-refractivity contribution in [2.45, 2.75) is 26.4 Å². The van der Waals surface area contributed by atoms with Crippen molar-refractivity contribution in [1.82, 2.24) is 15.5 Å². The molecule has 0 aromatic heterocycles. The first kappa shape index (κ1) is 19.2. The quantitative estimate of drug-likeness (QED) is 0.415. The molecule has 130 valence electrons. The van der Waals surface area contributed by atoms with Crippen molar-refractivity contribution in [3.05, 3.63) is 30.1 Å². The van der Waals surface area contributed by atoms with Crippen LogP contribution in [0, 0.1) is 5.82 Å². The molecule has 0 aliphatic carbocycles. The monoisotopic (exact) mass is 324 g/mol. The molecule has 1 rings (SSSR count). The van der Waals surface area contributed by atoms with Gasteiger partial charge in [-0.1, -0.05) is 0 Å². The van der Waals surface area contributed by atoms with Gasteiger partial charge in [-0.3, -0.25) is 0 Å². The van der Waals surface area contributed by atoms with Crippen LogP contribution in [-0.2, 0) is 0 Å². The van der Waals surface area contributed by atoms with Gasteiger partial charge in [0.1, 0.15) is 17.7 Å². The summed E-state index contributed by atoms with van der Waals surface area (Å²) in [7, 11) is 4.13. The van der Waals surface area contributed by atoms with Gasteiger partial charge in [0.2, 0.25) is 0 Å². The van der Waals surface area contributed by atoms with Crippen LogP contribution < -0.4 is 15.4 Å². The minimum absolute atomic E-state index is 0.0855.